The molecule has 0 spiro atoms. The highest BCUT2D eigenvalue weighted by Crippen LogP contribution is 2.42. The lowest BCUT2D eigenvalue weighted by Gasteiger charge is -2.27. The first-order chi connectivity index (χ1) is 10.1. The molecular weight excluding hydrogens is 284 g/mol. The summed E-state index contributed by atoms with van der Waals surface area (Å²) in [6, 6.07) is 14.4. The van der Waals surface area contributed by atoms with Crippen molar-refractivity contribution < 1.29 is 13.2 Å². The predicted octanol–water partition coefficient (Wildman–Crippen LogP) is 3.60. The van der Waals surface area contributed by atoms with Gasteiger partial charge >= 0.3 is 0 Å². The second kappa shape index (κ2) is 5.53. The first kappa shape index (κ1) is 14.1. The van der Waals surface area contributed by atoms with Crippen molar-refractivity contribution in [2.24, 2.45) is 0 Å². The molecule has 1 saturated carbocycles. The third-order valence-electron chi connectivity index (χ3n) is 4.05. The van der Waals surface area contributed by atoms with Gasteiger partial charge < -0.3 is 4.74 Å². The number of hydrogen-bond donors (Lipinski definition) is 0. The second-order valence-corrected chi connectivity index (χ2v) is 7.22. The molecule has 21 heavy (non-hydrogen) atoms. The van der Waals surface area contributed by atoms with Crippen molar-refractivity contribution in [3.05, 3.63) is 54.1 Å². The van der Waals surface area contributed by atoms with Crippen LogP contribution in [0.4, 0.5) is 0 Å². The van der Waals surface area contributed by atoms with Gasteiger partial charge in [-0.2, -0.15) is 0 Å². The zero-order chi connectivity index (χ0) is 14.9. The minimum absolute atomic E-state index is 0.297. The van der Waals surface area contributed by atoms with Crippen molar-refractivity contribution >= 4 is 9.84 Å². The highest BCUT2D eigenvalue weighted by Gasteiger charge is 2.26. The van der Waals surface area contributed by atoms with Crippen LogP contribution in [0.5, 0.6) is 5.75 Å². The second-order valence-electron chi connectivity index (χ2n) is 5.27. The Morgan fingerprint density at radius 1 is 1.10 bits per heavy atom. The lowest BCUT2D eigenvalue weighted by molar-refractivity contribution is 0.372. The first-order valence-electron chi connectivity index (χ1n) is 7.02. The molecule has 0 bridgehead atoms. The largest absolute Gasteiger partial charge is 0.496 e. The Morgan fingerprint density at radius 3 is 2.38 bits per heavy atom. The van der Waals surface area contributed by atoms with Crippen molar-refractivity contribution in [2.45, 2.75) is 35.0 Å². The summed E-state index contributed by atoms with van der Waals surface area (Å²) < 4.78 is 30.7. The molecule has 0 heterocycles. The summed E-state index contributed by atoms with van der Waals surface area (Å²) in [4.78, 5) is 0.627. The van der Waals surface area contributed by atoms with Gasteiger partial charge in [0.05, 0.1) is 16.9 Å². The first-order valence-corrected chi connectivity index (χ1v) is 8.50. The minimum Gasteiger partial charge on any atom is -0.496 e. The fourth-order valence-electron chi connectivity index (χ4n) is 2.60. The van der Waals surface area contributed by atoms with Crippen molar-refractivity contribution in [2.75, 3.05) is 7.11 Å². The van der Waals surface area contributed by atoms with Crippen molar-refractivity contribution in [1.29, 1.82) is 0 Å². The summed E-state index contributed by atoms with van der Waals surface area (Å²) in [6.07, 6.45) is 3.39. The Balaban J connectivity index is 2.07. The van der Waals surface area contributed by atoms with Crippen LogP contribution in [0.3, 0.4) is 0 Å². The van der Waals surface area contributed by atoms with E-state index in [9.17, 15) is 8.42 Å². The van der Waals surface area contributed by atoms with Crippen LogP contribution in [0.25, 0.3) is 0 Å². The van der Waals surface area contributed by atoms with E-state index in [-0.39, 0.29) is 0 Å². The van der Waals surface area contributed by atoms with E-state index in [2.05, 4.69) is 6.07 Å². The van der Waals surface area contributed by atoms with Crippen LogP contribution in [-0.4, -0.2) is 15.5 Å². The zero-order valence-electron chi connectivity index (χ0n) is 11.9. The summed E-state index contributed by atoms with van der Waals surface area (Å²) in [6.45, 7) is 0. The molecule has 0 aromatic heterocycles. The zero-order valence-corrected chi connectivity index (χ0v) is 12.7. The summed E-state index contributed by atoms with van der Waals surface area (Å²) >= 11 is 0. The number of methoxy groups -OCH3 is 1. The van der Waals surface area contributed by atoms with Crippen molar-refractivity contribution in [3.8, 4) is 5.75 Å². The topological polar surface area (TPSA) is 43.4 Å². The lowest BCUT2D eigenvalue weighted by atomic mass is 9.80. The fraction of sp³-hybridized carbons (Fsp3) is 0.294. The van der Waals surface area contributed by atoms with E-state index < -0.39 is 9.84 Å². The van der Waals surface area contributed by atoms with Gasteiger partial charge in [0.15, 0.2) is 0 Å². The minimum atomic E-state index is -3.48. The van der Waals surface area contributed by atoms with E-state index >= 15 is 0 Å². The van der Waals surface area contributed by atoms with Gasteiger partial charge in [0.2, 0.25) is 9.84 Å². The molecule has 0 aliphatic heterocycles. The molecule has 1 radical (unpaired) electrons. The maximum atomic E-state index is 12.7. The van der Waals surface area contributed by atoms with E-state index in [1.54, 1.807) is 49.6 Å². The summed E-state index contributed by atoms with van der Waals surface area (Å²) in [5, 5.41) is 0. The SMILES string of the molecule is COc1ccc(S(=O)(=O)c2cc[c]cc2)cc1C1CCC1. The molecule has 1 aliphatic carbocycles. The normalized spacial score (nSPS) is 15.5. The predicted molar refractivity (Wildman–Crippen MR) is 80.3 cm³/mol. The van der Waals surface area contributed by atoms with Crippen LogP contribution in [0.15, 0.2) is 52.3 Å². The van der Waals surface area contributed by atoms with Gasteiger partial charge in [-0.1, -0.05) is 18.6 Å². The van der Waals surface area contributed by atoms with Crippen LogP contribution in [-0.2, 0) is 9.84 Å². The molecule has 0 N–H and O–H groups in total. The number of rotatable bonds is 4. The molecule has 109 valence electrons. The maximum Gasteiger partial charge on any atom is 0.206 e. The van der Waals surface area contributed by atoms with Gasteiger partial charge in [-0.3, -0.25) is 0 Å². The van der Waals surface area contributed by atoms with Crippen LogP contribution < -0.4 is 4.74 Å². The molecule has 0 unspecified atom stereocenters. The highest BCUT2D eigenvalue weighted by molar-refractivity contribution is 7.91. The monoisotopic (exact) mass is 301 g/mol. The van der Waals surface area contributed by atoms with Gasteiger partial charge in [-0.05, 0) is 60.7 Å². The van der Waals surface area contributed by atoms with Gasteiger partial charge in [0, 0.05) is 0 Å². The van der Waals surface area contributed by atoms with Crippen molar-refractivity contribution in [1.82, 2.24) is 0 Å². The number of benzene rings is 2. The Kier molecular flexibility index (Phi) is 3.72. The molecule has 0 atom stereocenters. The molecule has 3 rings (SSSR count). The van der Waals surface area contributed by atoms with Crippen LogP contribution in [0.2, 0.25) is 0 Å². The third kappa shape index (κ3) is 2.56. The molecule has 1 fully saturated rings. The quantitative estimate of drug-likeness (QED) is 0.866. The molecule has 1 aliphatic rings. The number of sulfone groups is 1. The molecule has 3 nitrogen and oxygen atoms in total. The van der Waals surface area contributed by atoms with Crippen LogP contribution in [0.1, 0.15) is 30.7 Å². The highest BCUT2D eigenvalue weighted by atomic mass is 32.2. The molecule has 0 amide bonds. The van der Waals surface area contributed by atoms with Crippen molar-refractivity contribution in [3.63, 3.8) is 0 Å². The molecule has 2 aromatic rings. The summed E-state index contributed by atoms with van der Waals surface area (Å²) in [5.41, 5.74) is 1.01. The number of ether oxygens (including phenoxy) is 1. The summed E-state index contributed by atoms with van der Waals surface area (Å²) in [5.74, 6) is 1.19. The third-order valence-corrected chi connectivity index (χ3v) is 5.82. The standard InChI is InChI=1S/C17H17O3S/c1-20-17-11-10-15(12-16(17)13-6-5-7-13)21(18,19)14-8-3-2-4-9-14/h3-4,8-13H,5-7H2,1H3. The molecule has 4 heteroatoms. The molecule has 2 aromatic carbocycles. The lowest BCUT2D eigenvalue weighted by Crippen LogP contribution is -2.11. The van der Waals surface area contributed by atoms with E-state index in [1.165, 1.54) is 6.42 Å². The smallest absolute Gasteiger partial charge is 0.206 e. The Hall–Kier alpha value is -1.81. The van der Waals surface area contributed by atoms with E-state index in [1.807, 2.05) is 0 Å². The molecule has 0 saturated heterocycles. The Labute approximate surface area is 125 Å². The Morgan fingerprint density at radius 2 is 1.81 bits per heavy atom. The fourth-order valence-corrected chi connectivity index (χ4v) is 3.90. The van der Waals surface area contributed by atoms with Gasteiger partial charge in [0.1, 0.15) is 5.75 Å². The van der Waals surface area contributed by atoms with E-state index in [0.717, 1.165) is 24.2 Å². The number of hydrogen-bond acceptors (Lipinski definition) is 3. The van der Waals surface area contributed by atoms with E-state index in [4.69, 9.17) is 4.74 Å². The van der Waals surface area contributed by atoms with Crippen LogP contribution in [0, 0.1) is 6.07 Å². The maximum absolute atomic E-state index is 12.7. The average Bonchev–Trinajstić information content (AvgIpc) is 2.46. The van der Waals surface area contributed by atoms with E-state index in [0.29, 0.717) is 15.7 Å². The Bertz CT molecular complexity index is 732. The van der Waals surface area contributed by atoms with Crippen LogP contribution >= 0.6 is 0 Å². The average molecular weight is 301 g/mol. The molecular formula is C17H17O3S. The summed E-state index contributed by atoms with van der Waals surface area (Å²) in [7, 11) is -1.86. The van der Waals surface area contributed by atoms with Gasteiger partial charge in [-0.15, -0.1) is 0 Å². The van der Waals surface area contributed by atoms with Gasteiger partial charge in [0.25, 0.3) is 0 Å². The van der Waals surface area contributed by atoms with Gasteiger partial charge in [-0.25, -0.2) is 8.42 Å².